The van der Waals surface area contributed by atoms with E-state index in [-0.39, 0.29) is 0 Å². The predicted octanol–water partition coefficient (Wildman–Crippen LogP) is 3.08. The third-order valence-corrected chi connectivity index (χ3v) is 20.2. The van der Waals surface area contributed by atoms with E-state index in [4.69, 9.17) is 0 Å². The first-order valence-electron chi connectivity index (χ1n) is 3.91. The van der Waals surface area contributed by atoms with Gasteiger partial charge < -0.3 is 0 Å². The Labute approximate surface area is 82.4 Å². The molecular weight excluding hydrogens is 185 g/mol. The normalized spacial score (nSPS) is 14.2. The van der Waals surface area contributed by atoms with E-state index in [2.05, 4.69) is 39.3 Å². The van der Waals surface area contributed by atoms with E-state index in [1.165, 1.54) is 0 Å². The Kier molecular flexibility index (Phi) is 3.79. The molecule has 3 heteroatoms. The Bertz CT molecular complexity index is 95.8. The van der Waals surface area contributed by atoms with E-state index in [1.54, 1.807) is 0 Å². The van der Waals surface area contributed by atoms with Crippen LogP contribution in [0.15, 0.2) is 0 Å². The first kappa shape index (κ1) is 11.3. The predicted molar refractivity (Wildman–Crippen MR) is 50.4 cm³/mol. The maximum absolute atomic E-state index is 2.50. The molecule has 0 bridgehead atoms. The van der Waals surface area contributed by atoms with Crippen molar-refractivity contribution in [1.29, 1.82) is 0 Å². The van der Waals surface area contributed by atoms with Crippen molar-refractivity contribution in [3.63, 3.8) is 0 Å². The molecule has 0 aliphatic rings. The van der Waals surface area contributed by atoms with Crippen LogP contribution in [0.1, 0.15) is 0 Å². The minimum atomic E-state index is -0.807. The van der Waals surface area contributed by atoms with E-state index in [9.17, 15) is 0 Å². The molecule has 0 nitrogen and oxygen atoms in total. The van der Waals surface area contributed by atoms with Crippen LogP contribution in [0.4, 0.5) is 0 Å². The number of rotatable bonds is 2. The molecule has 0 spiro atoms. The van der Waals surface area contributed by atoms with Gasteiger partial charge in [0.25, 0.3) is 0 Å². The molecule has 0 heterocycles. The van der Waals surface area contributed by atoms with Crippen LogP contribution in [-0.2, 0) is 24.4 Å². The molecule has 0 amide bonds. The van der Waals surface area contributed by atoms with Crippen molar-refractivity contribution in [2.45, 2.75) is 42.2 Å². The van der Waals surface area contributed by atoms with Gasteiger partial charge in [0.15, 0.2) is 0 Å². The SMILES string of the molecule is C[Si](C)(C)[CH]([Sc])[Si](C)(C)C. The number of hydrogen-bond acceptors (Lipinski definition) is 0. The second-order valence-corrected chi connectivity index (χ2v) is 19.6. The first-order valence-corrected chi connectivity index (χ1v) is 12.1. The van der Waals surface area contributed by atoms with Crippen molar-refractivity contribution in [2.75, 3.05) is 0 Å². The fraction of sp³-hybridized carbons (Fsp3) is 1.00. The van der Waals surface area contributed by atoms with E-state index in [0.29, 0.717) is 0 Å². The third-order valence-electron chi connectivity index (χ3n) is 1.87. The molecule has 58 valence electrons. The molecule has 0 fully saturated rings. The minimum absolute atomic E-state index is 0.807. The van der Waals surface area contributed by atoms with Crippen molar-refractivity contribution < 1.29 is 24.4 Å². The van der Waals surface area contributed by atoms with E-state index in [0.717, 1.165) is 2.92 Å². The van der Waals surface area contributed by atoms with Gasteiger partial charge in [0.2, 0.25) is 0 Å². The monoisotopic (exact) mass is 204 g/mol. The van der Waals surface area contributed by atoms with Gasteiger partial charge in [-0.25, -0.2) is 0 Å². The van der Waals surface area contributed by atoms with Crippen LogP contribution in [0, 0.1) is 0 Å². The first-order chi connectivity index (χ1) is 4.15. The molecule has 0 aliphatic heterocycles. The summed E-state index contributed by atoms with van der Waals surface area (Å²) < 4.78 is 1.10. The average molecular weight is 204 g/mol. The summed E-state index contributed by atoms with van der Waals surface area (Å²) >= 11 is 1.99. The summed E-state index contributed by atoms with van der Waals surface area (Å²) in [6.07, 6.45) is 0. The summed E-state index contributed by atoms with van der Waals surface area (Å²) in [7, 11) is -1.61. The average Bonchev–Trinajstić information content (AvgIpc) is 1.59. The molecule has 0 unspecified atom stereocenters. The van der Waals surface area contributed by atoms with Gasteiger partial charge in [0, 0.05) is 0 Å². The molecule has 0 aromatic heterocycles. The quantitative estimate of drug-likeness (QED) is 0.606. The Morgan fingerprint density at radius 2 is 1.00 bits per heavy atom. The molecule has 0 N–H and O–H groups in total. The second-order valence-electron chi connectivity index (χ2n) is 5.21. The van der Waals surface area contributed by atoms with Crippen LogP contribution < -0.4 is 0 Å². The van der Waals surface area contributed by atoms with Gasteiger partial charge >= 0.3 is 82.7 Å². The maximum atomic E-state index is 2.50. The van der Waals surface area contributed by atoms with Gasteiger partial charge in [0.1, 0.15) is 0 Å². The standard InChI is InChI=1S/C7H19Si2.Sc/c1-8(2,3)7-9(4,5)6;/h7H,1-6H3;. The summed E-state index contributed by atoms with van der Waals surface area (Å²) in [4.78, 5) is 0. The zero-order chi connectivity index (χ0) is 8.58. The van der Waals surface area contributed by atoms with Crippen LogP contribution in [0.3, 0.4) is 0 Å². The molecule has 0 radical (unpaired) electrons. The van der Waals surface area contributed by atoms with Crippen molar-refractivity contribution in [3.8, 4) is 0 Å². The third kappa shape index (κ3) is 3.62. The van der Waals surface area contributed by atoms with Crippen LogP contribution in [0.25, 0.3) is 0 Å². The van der Waals surface area contributed by atoms with Gasteiger partial charge in [-0.2, -0.15) is 0 Å². The van der Waals surface area contributed by atoms with Crippen LogP contribution in [0.5, 0.6) is 0 Å². The molecular formula is C7H19ScSi2. The van der Waals surface area contributed by atoms with Gasteiger partial charge in [-0.3, -0.25) is 0 Å². The Balaban J connectivity index is 4.23. The Morgan fingerprint density at radius 1 is 0.800 bits per heavy atom. The molecule has 0 aliphatic carbocycles. The fourth-order valence-electron chi connectivity index (χ4n) is 1.30. The van der Waals surface area contributed by atoms with Crippen LogP contribution >= 0.6 is 0 Å². The summed E-state index contributed by atoms with van der Waals surface area (Å²) in [6.45, 7) is 15.0. The van der Waals surface area contributed by atoms with Crippen molar-refractivity contribution in [3.05, 3.63) is 0 Å². The zero-order valence-corrected chi connectivity index (χ0v) is 12.0. The van der Waals surface area contributed by atoms with Gasteiger partial charge in [0.05, 0.1) is 0 Å². The van der Waals surface area contributed by atoms with Gasteiger partial charge in [-0.1, -0.05) is 0 Å². The van der Waals surface area contributed by atoms with Crippen LogP contribution in [-0.4, -0.2) is 16.1 Å². The zero-order valence-electron chi connectivity index (χ0n) is 8.15. The molecule has 0 rings (SSSR count). The van der Waals surface area contributed by atoms with Crippen molar-refractivity contribution in [2.24, 2.45) is 0 Å². The Hall–Kier alpha value is 1.30. The van der Waals surface area contributed by atoms with Gasteiger partial charge in [-0.15, -0.1) is 0 Å². The topological polar surface area (TPSA) is 0 Å². The van der Waals surface area contributed by atoms with Crippen molar-refractivity contribution >= 4 is 16.1 Å². The van der Waals surface area contributed by atoms with E-state index in [1.807, 2.05) is 24.4 Å². The molecule has 0 atom stereocenters. The van der Waals surface area contributed by atoms with Crippen molar-refractivity contribution in [1.82, 2.24) is 0 Å². The summed E-state index contributed by atoms with van der Waals surface area (Å²) in [5.74, 6) is 0. The fourth-order valence-corrected chi connectivity index (χ4v) is 11.7. The summed E-state index contributed by atoms with van der Waals surface area (Å²) in [5, 5.41) is 0. The second kappa shape index (κ2) is 3.36. The summed E-state index contributed by atoms with van der Waals surface area (Å²) in [5.41, 5.74) is 0. The number of hydrogen-bond donors (Lipinski definition) is 0. The van der Waals surface area contributed by atoms with E-state index < -0.39 is 16.1 Å². The van der Waals surface area contributed by atoms with Gasteiger partial charge in [-0.05, 0) is 0 Å². The molecule has 0 aromatic rings. The molecule has 0 saturated carbocycles. The molecule has 0 saturated heterocycles. The Morgan fingerprint density at radius 3 is 1.00 bits per heavy atom. The van der Waals surface area contributed by atoms with Crippen LogP contribution in [0.2, 0.25) is 42.2 Å². The van der Waals surface area contributed by atoms with E-state index >= 15 is 0 Å². The summed E-state index contributed by atoms with van der Waals surface area (Å²) in [6, 6.07) is 0. The molecule has 0 aromatic carbocycles. The molecule has 10 heavy (non-hydrogen) atoms.